The summed E-state index contributed by atoms with van der Waals surface area (Å²) in [5, 5.41) is 0.220. The molecular formula is C22H24ClNO5. The molecule has 1 amide bonds. The van der Waals surface area contributed by atoms with E-state index in [4.69, 9.17) is 25.8 Å². The Morgan fingerprint density at radius 2 is 1.69 bits per heavy atom. The second-order valence-corrected chi connectivity index (χ2v) is 7.18. The van der Waals surface area contributed by atoms with Gasteiger partial charge in [0.15, 0.2) is 11.5 Å². The van der Waals surface area contributed by atoms with Crippen molar-refractivity contribution in [3.8, 4) is 11.5 Å². The minimum Gasteiger partial charge on any atom is -0.493 e. The zero-order valence-electron chi connectivity index (χ0n) is 16.5. The van der Waals surface area contributed by atoms with Crippen LogP contribution in [0.4, 0.5) is 0 Å². The van der Waals surface area contributed by atoms with Crippen LogP contribution >= 0.6 is 11.6 Å². The molecule has 3 rings (SSSR count). The van der Waals surface area contributed by atoms with Crippen LogP contribution in [0.15, 0.2) is 42.5 Å². The van der Waals surface area contributed by atoms with Crippen molar-refractivity contribution in [2.75, 3.05) is 27.3 Å². The molecular weight excluding hydrogens is 394 g/mol. The summed E-state index contributed by atoms with van der Waals surface area (Å²) in [6.45, 7) is 1.34. The maximum Gasteiger partial charge on any atom is 0.339 e. The molecule has 0 N–H and O–H groups in total. The van der Waals surface area contributed by atoms with E-state index >= 15 is 0 Å². The molecule has 154 valence electrons. The molecule has 1 fully saturated rings. The van der Waals surface area contributed by atoms with Crippen molar-refractivity contribution in [2.45, 2.75) is 25.4 Å². The number of piperidine rings is 1. The van der Waals surface area contributed by atoms with E-state index in [1.54, 1.807) is 17.0 Å². The van der Waals surface area contributed by atoms with E-state index in [0.29, 0.717) is 30.2 Å². The van der Waals surface area contributed by atoms with E-state index in [1.807, 2.05) is 18.2 Å². The largest absolute Gasteiger partial charge is 0.493 e. The molecule has 29 heavy (non-hydrogen) atoms. The summed E-state index contributed by atoms with van der Waals surface area (Å²) in [5.74, 6) is -0.233. The number of rotatable bonds is 6. The molecule has 1 aliphatic rings. The van der Waals surface area contributed by atoms with Crippen LogP contribution < -0.4 is 9.47 Å². The Bertz CT molecular complexity index is 865. The Morgan fingerprint density at radius 1 is 1.00 bits per heavy atom. The van der Waals surface area contributed by atoms with Crippen molar-refractivity contribution in [3.63, 3.8) is 0 Å². The van der Waals surface area contributed by atoms with E-state index in [2.05, 4.69) is 0 Å². The molecule has 0 aliphatic carbocycles. The first-order valence-electron chi connectivity index (χ1n) is 9.51. The second-order valence-electron chi connectivity index (χ2n) is 6.78. The van der Waals surface area contributed by atoms with Gasteiger partial charge >= 0.3 is 5.97 Å². The molecule has 0 saturated carbocycles. The predicted octanol–water partition coefficient (Wildman–Crippen LogP) is 4.27. The van der Waals surface area contributed by atoms with Crippen LogP contribution in [0, 0.1) is 0 Å². The van der Waals surface area contributed by atoms with Crippen LogP contribution in [0.2, 0.25) is 5.02 Å². The highest BCUT2D eigenvalue weighted by Gasteiger charge is 2.31. The van der Waals surface area contributed by atoms with Gasteiger partial charge in [-0.3, -0.25) is 4.79 Å². The smallest absolute Gasteiger partial charge is 0.339 e. The second kappa shape index (κ2) is 9.65. The topological polar surface area (TPSA) is 65.1 Å². The summed E-state index contributed by atoms with van der Waals surface area (Å²) in [6, 6.07) is 12.0. The first-order chi connectivity index (χ1) is 14.0. The zero-order valence-corrected chi connectivity index (χ0v) is 17.3. The van der Waals surface area contributed by atoms with Gasteiger partial charge in [0.25, 0.3) is 5.91 Å². The maximum absolute atomic E-state index is 13.1. The lowest BCUT2D eigenvalue weighted by Crippen LogP contribution is -2.40. The van der Waals surface area contributed by atoms with Crippen LogP contribution in [0.3, 0.4) is 0 Å². The molecule has 1 heterocycles. The summed E-state index contributed by atoms with van der Waals surface area (Å²) in [6.07, 6.45) is 1.98. The standard InChI is InChI=1S/C22H24ClNO5/c1-27-18-14-16(13-17(23)20(18)28-2)22(26)29-19(15-9-5-3-6-10-15)21(25)24-11-7-4-8-12-24/h3,5-6,9-10,13-14,19H,4,7-8,11-12H2,1-2H3/t19-/m0/s1. The molecule has 1 aliphatic heterocycles. The lowest BCUT2D eigenvalue weighted by molar-refractivity contribution is -0.142. The quantitative estimate of drug-likeness (QED) is 0.657. The van der Waals surface area contributed by atoms with Gasteiger partial charge in [0, 0.05) is 18.7 Å². The first-order valence-corrected chi connectivity index (χ1v) is 9.89. The van der Waals surface area contributed by atoms with Crippen LogP contribution in [0.25, 0.3) is 0 Å². The summed E-state index contributed by atoms with van der Waals surface area (Å²) in [5.41, 5.74) is 0.808. The predicted molar refractivity (Wildman–Crippen MR) is 110 cm³/mol. The molecule has 2 aromatic carbocycles. The Balaban J connectivity index is 1.88. The van der Waals surface area contributed by atoms with Gasteiger partial charge in [0.1, 0.15) is 0 Å². The number of benzene rings is 2. The number of ether oxygens (including phenoxy) is 3. The van der Waals surface area contributed by atoms with Crippen LogP contribution in [0.5, 0.6) is 11.5 Å². The fraction of sp³-hybridized carbons (Fsp3) is 0.364. The molecule has 0 unspecified atom stereocenters. The fourth-order valence-electron chi connectivity index (χ4n) is 3.38. The van der Waals surface area contributed by atoms with Gasteiger partial charge in [-0.2, -0.15) is 0 Å². The third kappa shape index (κ3) is 4.82. The number of likely N-dealkylation sites (tertiary alicyclic amines) is 1. The van der Waals surface area contributed by atoms with Crippen molar-refractivity contribution in [1.29, 1.82) is 0 Å². The Labute approximate surface area is 175 Å². The monoisotopic (exact) mass is 417 g/mol. The third-order valence-corrected chi connectivity index (χ3v) is 5.17. The number of carbonyl (C=O) groups excluding carboxylic acids is 2. The van der Waals surface area contributed by atoms with Crippen molar-refractivity contribution in [2.24, 2.45) is 0 Å². The van der Waals surface area contributed by atoms with E-state index in [1.165, 1.54) is 26.4 Å². The van der Waals surface area contributed by atoms with Gasteiger partial charge in [0.2, 0.25) is 6.10 Å². The summed E-state index contributed by atoms with van der Waals surface area (Å²) in [4.78, 5) is 27.8. The molecule has 7 heteroatoms. The summed E-state index contributed by atoms with van der Waals surface area (Å²) in [7, 11) is 2.92. The van der Waals surface area contributed by atoms with E-state index in [9.17, 15) is 9.59 Å². The van der Waals surface area contributed by atoms with Crippen LogP contribution in [-0.4, -0.2) is 44.1 Å². The van der Waals surface area contributed by atoms with Crippen molar-refractivity contribution in [3.05, 3.63) is 58.6 Å². The SMILES string of the molecule is COc1cc(C(=O)O[C@H](C(=O)N2CCCCC2)c2ccccc2)cc(Cl)c1OC. The average molecular weight is 418 g/mol. The van der Waals surface area contributed by atoms with Crippen LogP contribution in [-0.2, 0) is 9.53 Å². The highest BCUT2D eigenvalue weighted by atomic mass is 35.5. The van der Waals surface area contributed by atoms with E-state index in [0.717, 1.165) is 19.3 Å². The number of methoxy groups -OCH3 is 2. The Kier molecular flexibility index (Phi) is 6.99. The third-order valence-electron chi connectivity index (χ3n) is 4.89. The van der Waals surface area contributed by atoms with Gasteiger partial charge in [-0.1, -0.05) is 41.9 Å². The number of hydrogen-bond acceptors (Lipinski definition) is 5. The molecule has 1 saturated heterocycles. The molecule has 0 aromatic heterocycles. The highest BCUT2D eigenvalue weighted by molar-refractivity contribution is 6.32. The number of amides is 1. The first kappa shape index (κ1) is 21.0. The highest BCUT2D eigenvalue weighted by Crippen LogP contribution is 2.36. The normalized spacial score (nSPS) is 14.8. The summed E-state index contributed by atoms with van der Waals surface area (Å²) >= 11 is 6.21. The number of carbonyl (C=O) groups is 2. The molecule has 2 aromatic rings. The van der Waals surface area contributed by atoms with E-state index < -0.39 is 12.1 Å². The minimum atomic E-state index is -1.02. The number of nitrogens with zero attached hydrogens (tertiary/aromatic N) is 1. The fourth-order valence-corrected chi connectivity index (χ4v) is 3.67. The molecule has 0 radical (unpaired) electrons. The molecule has 6 nitrogen and oxygen atoms in total. The lowest BCUT2D eigenvalue weighted by Gasteiger charge is -2.30. The molecule has 0 bridgehead atoms. The van der Waals surface area contributed by atoms with Gasteiger partial charge in [0.05, 0.1) is 24.8 Å². The Morgan fingerprint density at radius 3 is 2.31 bits per heavy atom. The maximum atomic E-state index is 13.1. The lowest BCUT2D eigenvalue weighted by atomic mass is 10.1. The Hall–Kier alpha value is -2.73. The molecule has 0 spiro atoms. The van der Waals surface area contributed by atoms with Crippen molar-refractivity contribution < 1.29 is 23.8 Å². The summed E-state index contributed by atoms with van der Waals surface area (Å²) < 4.78 is 16.1. The van der Waals surface area contributed by atoms with E-state index in [-0.39, 0.29) is 16.5 Å². The number of halogens is 1. The van der Waals surface area contributed by atoms with Gasteiger partial charge in [-0.15, -0.1) is 0 Å². The van der Waals surface area contributed by atoms with Gasteiger partial charge in [-0.05, 0) is 31.4 Å². The number of esters is 1. The zero-order chi connectivity index (χ0) is 20.8. The minimum absolute atomic E-state index is 0.181. The van der Waals surface area contributed by atoms with Gasteiger partial charge < -0.3 is 19.1 Å². The van der Waals surface area contributed by atoms with Crippen molar-refractivity contribution in [1.82, 2.24) is 4.90 Å². The van der Waals surface area contributed by atoms with Crippen LogP contribution in [0.1, 0.15) is 41.3 Å². The van der Waals surface area contributed by atoms with Gasteiger partial charge in [-0.25, -0.2) is 4.79 Å². The van der Waals surface area contributed by atoms with Crippen molar-refractivity contribution >= 4 is 23.5 Å². The average Bonchev–Trinajstić information content (AvgIpc) is 2.77. The number of hydrogen-bond donors (Lipinski definition) is 0. The molecule has 1 atom stereocenters.